The lowest BCUT2D eigenvalue weighted by atomic mass is 9.86. The number of para-hydroxylation sites is 2. The maximum absolute atomic E-state index is 12.3. The number of nitrogens with zero attached hydrogens (tertiary/aromatic N) is 2. The van der Waals surface area contributed by atoms with Crippen molar-refractivity contribution >= 4 is 28.7 Å². The molecular weight excluding hydrogens is 318 g/mol. The standard InChI is InChI=1S/C19H25N3OS/c1-3-12-22-17-11-7-6-10-16(17)21-19(22)24-13-18(23)20-15-9-5-4-8-14(15)2/h3,6-7,10-11,14-15H,1,4-5,8-9,12-13H2,2H3,(H,20,23)/t14-,15+/m1/s1. The van der Waals surface area contributed by atoms with Crippen LogP contribution in [0.25, 0.3) is 11.0 Å². The van der Waals surface area contributed by atoms with E-state index in [9.17, 15) is 4.79 Å². The molecule has 1 aliphatic carbocycles. The summed E-state index contributed by atoms with van der Waals surface area (Å²) in [5, 5.41) is 4.08. The second kappa shape index (κ2) is 7.88. The van der Waals surface area contributed by atoms with Crippen molar-refractivity contribution in [1.82, 2.24) is 14.9 Å². The molecule has 1 fully saturated rings. The number of thioether (sulfide) groups is 1. The molecule has 0 saturated heterocycles. The van der Waals surface area contributed by atoms with Gasteiger partial charge in [-0.05, 0) is 30.9 Å². The topological polar surface area (TPSA) is 46.9 Å². The average molecular weight is 343 g/mol. The second-order valence-electron chi connectivity index (χ2n) is 6.51. The first-order chi connectivity index (χ1) is 11.7. The predicted molar refractivity (Wildman–Crippen MR) is 100 cm³/mol. The molecule has 5 heteroatoms. The normalized spacial score (nSPS) is 20.9. The number of hydrogen-bond acceptors (Lipinski definition) is 3. The summed E-state index contributed by atoms with van der Waals surface area (Å²) in [6.45, 7) is 6.76. The number of aromatic nitrogens is 2. The molecule has 0 radical (unpaired) electrons. The molecule has 1 aromatic carbocycles. The molecule has 1 heterocycles. The first-order valence-corrected chi connectivity index (χ1v) is 9.66. The van der Waals surface area contributed by atoms with E-state index in [1.165, 1.54) is 31.0 Å². The van der Waals surface area contributed by atoms with E-state index in [1.54, 1.807) is 0 Å². The van der Waals surface area contributed by atoms with Gasteiger partial charge in [-0.2, -0.15) is 0 Å². The Labute approximate surface area is 147 Å². The molecule has 1 aromatic heterocycles. The van der Waals surface area contributed by atoms with Crippen LogP contribution in [0.15, 0.2) is 42.1 Å². The lowest BCUT2D eigenvalue weighted by Crippen LogP contribution is -2.41. The van der Waals surface area contributed by atoms with Gasteiger partial charge in [0.15, 0.2) is 5.16 Å². The average Bonchev–Trinajstić information content (AvgIpc) is 2.93. The van der Waals surface area contributed by atoms with Crippen molar-refractivity contribution in [1.29, 1.82) is 0 Å². The number of allylic oxidation sites excluding steroid dienone is 1. The zero-order valence-corrected chi connectivity index (χ0v) is 15.0. The van der Waals surface area contributed by atoms with Crippen molar-refractivity contribution in [3.63, 3.8) is 0 Å². The first-order valence-electron chi connectivity index (χ1n) is 8.67. The molecule has 1 amide bonds. The van der Waals surface area contributed by atoms with Crippen LogP contribution < -0.4 is 5.32 Å². The molecule has 2 atom stereocenters. The van der Waals surface area contributed by atoms with E-state index in [4.69, 9.17) is 0 Å². The highest BCUT2D eigenvalue weighted by molar-refractivity contribution is 7.99. The molecule has 1 N–H and O–H groups in total. The first kappa shape index (κ1) is 17.1. The molecule has 24 heavy (non-hydrogen) atoms. The third-order valence-corrected chi connectivity index (χ3v) is 5.70. The minimum Gasteiger partial charge on any atom is -0.352 e. The Morgan fingerprint density at radius 1 is 1.42 bits per heavy atom. The van der Waals surface area contributed by atoms with Gasteiger partial charge in [0.25, 0.3) is 0 Å². The van der Waals surface area contributed by atoms with Gasteiger partial charge in [0, 0.05) is 12.6 Å². The molecule has 0 bridgehead atoms. The number of carbonyl (C=O) groups excluding carboxylic acids is 1. The van der Waals surface area contributed by atoms with Crippen LogP contribution in [-0.2, 0) is 11.3 Å². The summed E-state index contributed by atoms with van der Waals surface area (Å²) in [7, 11) is 0. The van der Waals surface area contributed by atoms with Gasteiger partial charge in [-0.15, -0.1) is 6.58 Å². The van der Waals surface area contributed by atoms with Gasteiger partial charge in [-0.25, -0.2) is 4.98 Å². The Morgan fingerprint density at radius 3 is 3.00 bits per heavy atom. The predicted octanol–water partition coefficient (Wildman–Crippen LogP) is 4.01. The molecule has 0 spiro atoms. The van der Waals surface area contributed by atoms with Gasteiger partial charge in [-0.1, -0.05) is 49.7 Å². The fourth-order valence-electron chi connectivity index (χ4n) is 3.38. The van der Waals surface area contributed by atoms with Gasteiger partial charge in [0.2, 0.25) is 5.91 Å². The van der Waals surface area contributed by atoms with E-state index in [-0.39, 0.29) is 5.91 Å². The highest BCUT2D eigenvalue weighted by Gasteiger charge is 2.23. The fraction of sp³-hybridized carbons (Fsp3) is 0.474. The van der Waals surface area contributed by atoms with Gasteiger partial charge in [0.05, 0.1) is 16.8 Å². The summed E-state index contributed by atoms with van der Waals surface area (Å²) in [6, 6.07) is 8.38. The Bertz CT molecular complexity index is 724. The summed E-state index contributed by atoms with van der Waals surface area (Å²) in [4.78, 5) is 17.0. The highest BCUT2D eigenvalue weighted by Crippen LogP contribution is 2.26. The molecule has 4 nitrogen and oxygen atoms in total. The third-order valence-electron chi connectivity index (χ3n) is 4.72. The maximum atomic E-state index is 12.3. The van der Waals surface area contributed by atoms with Crippen LogP contribution in [0.4, 0.5) is 0 Å². The molecule has 1 aliphatic rings. The summed E-state index contributed by atoms with van der Waals surface area (Å²) in [6.07, 6.45) is 6.69. The lowest BCUT2D eigenvalue weighted by molar-refractivity contribution is -0.119. The quantitative estimate of drug-likeness (QED) is 0.637. The fourth-order valence-corrected chi connectivity index (χ4v) is 4.21. The monoisotopic (exact) mass is 343 g/mol. The molecule has 0 aliphatic heterocycles. The van der Waals surface area contributed by atoms with Crippen molar-refractivity contribution in [3.8, 4) is 0 Å². The SMILES string of the molecule is C=CCn1c(SCC(=O)N[C@H]2CCCC[C@H]2C)nc2ccccc21. The van der Waals surface area contributed by atoms with Crippen molar-refractivity contribution in [2.24, 2.45) is 5.92 Å². The number of amides is 1. The summed E-state index contributed by atoms with van der Waals surface area (Å²) in [5.41, 5.74) is 2.05. The zero-order valence-electron chi connectivity index (χ0n) is 14.2. The smallest absolute Gasteiger partial charge is 0.230 e. The summed E-state index contributed by atoms with van der Waals surface area (Å²) < 4.78 is 2.11. The van der Waals surface area contributed by atoms with E-state index < -0.39 is 0 Å². The van der Waals surface area contributed by atoms with Crippen LogP contribution in [0.3, 0.4) is 0 Å². The Hall–Kier alpha value is -1.75. The van der Waals surface area contributed by atoms with Crippen LogP contribution in [0.5, 0.6) is 0 Å². The Kier molecular flexibility index (Phi) is 5.61. The maximum Gasteiger partial charge on any atom is 0.230 e. The van der Waals surface area contributed by atoms with Crippen molar-refractivity contribution in [3.05, 3.63) is 36.9 Å². The van der Waals surface area contributed by atoms with Crippen molar-refractivity contribution in [2.45, 2.75) is 50.4 Å². The van der Waals surface area contributed by atoms with E-state index in [0.717, 1.165) is 22.6 Å². The van der Waals surface area contributed by atoms with E-state index in [0.29, 0.717) is 24.3 Å². The minimum atomic E-state index is 0.107. The number of imidazole rings is 1. The van der Waals surface area contributed by atoms with E-state index >= 15 is 0 Å². The Morgan fingerprint density at radius 2 is 2.21 bits per heavy atom. The molecule has 3 rings (SSSR count). The van der Waals surface area contributed by atoms with Gasteiger partial charge in [0.1, 0.15) is 0 Å². The number of nitrogens with one attached hydrogen (secondary N) is 1. The largest absolute Gasteiger partial charge is 0.352 e. The van der Waals surface area contributed by atoms with Crippen LogP contribution in [0.2, 0.25) is 0 Å². The van der Waals surface area contributed by atoms with Gasteiger partial charge in [-0.3, -0.25) is 4.79 Å². The number of hydrogen-bond donors (Lipinski definition) is 1. The highest BCUT2D eigenvalue weighted by atomic mass is 32.2. The Balaban J connectivity index is 1.65. The molecule has 0 unspecified atom stereocenters. The van der Waals surface area contributed by atoms with Crippen LogP contribution in [0, 0.1) is 5.92 Å². The van der Waals surface area contributed by atoms with Crippen LogP contribution >= 0.6 is 11.8 Å². The van der Waals surface area contributed by atoms with Gasteiger partial charge < -0.3 is 9.88 Å². The number of benzene rings is 1. The molecule has 128 valence electrons. The second-order valence-corrected chi connectivity index (χ2v) is 7.45. The minimum absolute atomic E-state index is 0.107. The van der Waals surface area contributed by atoms with E-state index in [1.807, 2.05) is 24.3 Å². The number of rotatable bonds is 6. The molecule has 2 aromatic rings. The molecule has 1 saturated carbocycles. The summed E-state index contributed by atoms with van der Waals surface area (Å²) >= 11 is 1.50. The van der Waals surface area contributed by atoms with Crippen LogP contribution in [0.1, 0.15) is 32.6 Å². The summed E-state index contributed by atoms with van der Waals surface area (Å²) in [5.74, 6) is 1.10. The van der Waals surface area contributed by atoms with Crippen LogP contribution in [-0.4, -0.2) is 27.3 Å². The van der Waals surface area contributed by atoms with Crippen molar-refractivity contribution in [2.75, 3.05) is 5.75 Å². The number of fused-ring (bicyclic) bond motifs is 1. The van der Waals surface area contributed by atoms with Gasteiger partial charge >= 0.3 is 0 Å². The molecular formula is C19H25N3OS. The van der Waals surface area contributed by atoms with Crippen molar-refractivity contribution < 1.29 is 4.79 Å². The lowest BCUT2D eigenvalue weighted by Gasteiger charge is -2.29. The number of carbonyl (C=O) groups is 1. The zero-order chi connectivity index (χ0) is 16.9. The third kappa shape index (κ3) is 3.83. The van der Waals surface area contributed by atoms with E-state index in [2.05, 4.69) is 34.4 Å².